The van der Waals surface area contributed by atoms with Crippen LogP contribution in [0, 0.1) is 5.92 Å². The summed E-state index contributed by atoms with van der Waals surface area (Å²) in [5, 5.41) is 5.46. The van der Waals surface area contributed by atoms with Crippen LogP contribution >= 0.6 is 46.3 Å². The Morgan fingerprint density at radius 3 is 2.43 bits per heavy atom. The highest BCUT2D eigenvalue weighted by Crippen LogP contribution is 2.54. The van der Waals surface area contributed by atoms with Crippen molar-refractivity contribution in [1.29, 1.82) is 0 Å². The molecule has 2 unspecified atom stereocenters. The van der Waals surface area contributed by atoms with Crippen LogP contribution in [0.1, 0.15) is 16.4 Å². The molecule has 0 bridgehead atoms. The fourth-order valence-electron chi connectivity index (χ4n) is 5.70. The van der Waals surface area contributed by atoms with Crippen LogP contribution in [0.25, 0.3) is 10.8 Å². The molecule has 7 rings (SSSR count). The van der Waals surface area contributed by atoms with Crippen molar-refractivity contribution in [3.63, 3.8) is 0 Å². The van der Waals surface area contributed by atoms with Crippen LogP contribution in [-0.2, 0) is 14.4 Å². The van der Waals surface area contributed by atoms with E-state index in [1.165, 1.54) is 16.7 Å². The number of amides is 3. The first-order chi connectivity index (χ1) is 21.3. The number of nitrogens with one attached hydrogen (secondary N) is 2. The number of H-pyrrole nitrogens is 1. The van der Waals surface area contributed by atoms with Gasteiger partial charge in [0.2, 0.25) is 11.8 Å². The normalized spacial score (nSPS) is 19.1. The number of nitrogens with zero attached hydrogens (tertiary/aromatic N) is 1. The summed E-state index contributed by atoms with van der Waals surface area (Å²) in [6.07, 6.45) is 0. The first-order valence-electron chi connectivity index (χ1n) is 13.5. The van der Waals surface area contributed by atoms with E-state index in [2.05, 4.69) is 10.3 Å². The fraction of sp³-hybridized carbons (Fsp3) is 0.125. The Bertz CT molecular complexity index is 2030. The average Bonchev–Trinajstić information content (AvgIpc) is 3.51. The number of hydrogen-bond donors (Lipinski definition) is 2. The lowest BCUT2D eigenvalue weighted by molar-refractivity contribution is -0.122. The molecule has 3 atom stereocenters. The lowest BCUT2D eigenvalue weighted by atomic mass is 9.82. The number of aromatic nitrogens is 1. The van der Waals surface area contributed by atoms with Crippen molar-refractivity contribution in [2.45, 2.75) is 16.2 Å². The zero-order chi connectivity index (χ0) is 30.5. The maximum Gasteiger partial charge on any atom is 0.305 e. The minimum absolute atomic E-state index is 0.304. The number of imide groups is 1. The minimum atomic E-state index is -0.852. The van der Waals surface area contributed by atoms with E-state index < -0.39 is 28.9 Å². The molecule has 0 radical (unpaired) electrons. The van der Waals surface area contributed by atoms with Crippen LogP contribution in [0.15, 0.2) is 94.7 Å². The first kappa shape index (κ1) is 28.7. The Balaban J connectivity index is 1.21. The molecule has 8 nitrogen and oxygen atoms in total. The molecule has 0 aliphatic carbocycles. The van der Waals surface area contributed by atoms with Gasteiger partial charge in [0.05, 0.1) is 16.6 Å². The summed E-state index contributed by atoms with van der Waals surface area (Å²) in [7, 11) is 0. The van der Waals surface area contributed by atoms with Gasteiger partial charge < -0.3 is 15.0 Å². The number of carbonyl (C=O) groups is 3. The van der Waals surface area contributed by atoms with Gasteiger partial charge in [-0.2, -0.15) is 0 Å². The number of rotatable bonds is 6. The molecule has 3 amide bonds. The van der Waals surface area contributed by atoms with Crippen LogP contribution in [0.2, 0.25) is 10.0 Å². The van der Waals surface area contributed by atoms with Crippen LogP contribution in [-0.4, -0.2) is 34.6 Å². The monoisotopic (exact) mass is 661 g/mol. The summed E-state index contributed by atoms with van der Waals surface area (Å²) in [5.41, 5.74) is 1.53. The number of benzene rings is 4. The molecule has 3 heterocycles. The van der Waals surface area contributed by atoms with Gasteiger partial charge in [0.1, 0.15) is 11.0 Å². The number of thioether (sulfide) groups is 1. The van der Waals surface area contributed by atoms with Crippen molar-refractivity contribution in [3.8, 4) is 5.75 Å². The Kier molecular flexibility index (Phi) is 7.45. The summed E-state index contributed by atoms with van der Waals surface area (Å²) in [4.78, 5) is 57.5. The van der Waals surface area contributed by atoms with Crippen molar-refractivity contribution < 1.29 is 19.1 Å². The second-order valence-electron chi connectivity index (χ2n) is 10.3. The molecule has 1 aromatic heterocycles. The third-order valence-electron chi connectivity index (χ3n) is 7.61. The summed E-state index contributed by atoms with van der Waals surface area (Å²) >= 11 is 14.6. The highest BCUT2D eigenvalue weighted by Gasteiger charge is 2.56. The number of hydrogen-bond acceptors (Lipinski definition) is 7. The molecule has 4 aromatic carbocycles. The smallest absolute Gasteiger partial charge is 0.305 e. The van der Waals surface area contributed by atoms with E-state index in [0.29, 0.717) is 42.6 Å². The molecule has 0 spiro atoms. The highest BCUT2D eigenvalue weighted by molar-refractivity contribution is 8.00. The van der Waals surface area contributed by atoms with Crippen LogP contribution < -0.4 is 19.8 Å². The summed E-state index contributed by atoms with van der Waals surface area (Å²) in [5.74, 6) is -2.46. The predicted octanol–water partition coefficient (Wildman–Crippen LogP) is 6.71. The quantitative estimate of drug-likeness (QED) is 0.196. The highest BCUT2D eigenvalue weighted by atomic mass is 35.5. The fourth-order valence-corrected chi connectivity index (χ4v) is 8.51. The van der Waals surface area contributed by atoms with Crippen LogP contribution in [0.4, 0.5) is 11.4 Å². The molecule has 2 aliphatic heterocycles. The van der Waals surface area contributed by atoms with Gasteiger partial charge >= 0.3 is 4.87 Å². The molecular formula is C32H21Cl2N3O5S2. The summed E-state index contributed by atoms with van der Waals surface area (Å²) in [6.45, 7) is -0.322. The van der Waals surface area contributed by atoms with E-state index in [-0.39, 0.29) is 17.4 Å². The molecule has 220 valence electrons. The van der Waals surface area contributed by atoms with Crippen molar-refractivity contribution in [3.05, 3.63) is 115 Å². The molecule has 44 heavy (non-hydrogen) atoms. The van der Waals surface area contributed by atoms with E-state index in [4.69, 9.17) is 27.9 Å². The van der Waals surface area contributed by atoms with E-state index in [0.717, 1.165) is 22.1 Å². The molecule has 2 aliphatic rings. The number of anilines is 2. The molecule has 1 saturated heterocycles. The average molecular weight is 663 g/mol. The number of carbonyl (C=O) groups excluding carboxylic acids is 3. The third-order valence-corrected chi connectivity index (χ3v) is 10.5. The summed E-state index contributed by atoms with van der Waals surface area (Å²) in [6, 6.07) is 24.8. The second-order valence-corrected chi connectivity index (χ2v) is 13.4. The Morgan fingerprint density at radius 1 is 0.886 bits per heavy atom. The van der Waals surface area contributed by atoms with Crippen molar-refractivity contribution >= 4 is 86.2 Å². The molecular weight excluding hydrogens is 641 g/mol. The molecule has 0 saturated carbocycles. The van der Waals surface area contributed by atoms with Gasteiger partial charge in [-0.25, -0.2) is 4.90 Å². The van der Waals surface area contributed by atoms with Gasteiger partial charge in [-0.1, -0.05) is 76.6 Å². The SMILES string of the molecule is O=C(COc1ccc(Cl)cc1[C@H]1c2sc(=O)[nH]c2SC2C(=O)N(c3ccc(Cl)cc3)C(=O)C21)Nc1ccc2ccccc2c1. The standard InChI is InChI=1S/C32H21Cl2N3O5S2/c33-18-6-10-21(11-7-18)37-30(39)26-25(27-29(36-32(41)44-27)43-28(26)31(37)40)22-14-19(34)8-12-23(22)42-15-24(38)35-20-9-5-16-3-1-2-4-17(16)13-20/h1-14,25-26,28H,15H2,(H,35,38)(H,36,41)/t25-,26?,28?/m1/s1. The number of thiazole rings is 1. The third kappa shape index (κ3) is 5.17. The lowest BCUT2D eigenvalue weighted by Gasteiger charge is -2.31. The maximum atomic E-state index is 14.0. The maximum absolute atomic E-state index is 14.0. The van der Waals surface area contributed by atoms with E-state index in [1.54, 1.807) is 42.5 Å². The van der Waals surface area contributed by atoms with E-state index in [1.807, 2.05) is 42.5 Å². The largest absolute Gasteiger partial charge is 0.483 e. The van der Waals surface area contributed by atoms with Crippen molar-refractivity contribution in [1.82, 2.24) is 4.98 Å². The van der Waals surface area contributed by atoms with Gasteiger partial charge in [-0.15, -0.1) is 0 Å². The van der Waals surface area contributed by atoms with Gasteiger partial charge in [0.15, 0.2) is 6.61 Å². The van der Waals surface area contributed by atoms with Crippen molar-refractivity contribution in [2.24, 2.45) is 5.92 Å². The number of halogens is 2. The second kappa shape index (κ2) is 11.4. The zero-order valence-corrected chi connectivity index (χ0v) is 25.7. The number of ether oxygens (including phenoxy) is 1. The van der Waals surface area contributed by atoms with E-state index >= 15 is 0 Å². The molecule has 5 aromatic rings. The number of fused-ring (bicyclic) bond motifs is 3. The molecule has 12 heteroatoms. The topological polar surface area (TPSA) is 109 Å². The van der Waals surface area contributed by atoms with Gasteiger partial charge in [-0.3, -0.25) is 19.2 Å². The predicted molar refractivity (Wildman–Crippen MR) is 173 cm³/mol. The van der Waals surface area contributed by atoms with Gasteiger partial charge in [0, 0.05) is 32.1 Å². The zero-order valence-electron chi connectivity index (χ0n) is 22.6. The van der Waals surface area contributed by atoms with Crippen LogP contribution in [0.3, 0.4) is 0 Å². The Morgan fingerprint density at radius 2 is 1.64 bits per heavy atom. The minimum Gasteiger partial charge on any atom is -0.483 e. The lowest BCUT2D eigenvalue weighted by Crippen LogP contribution is -2.32. The van der Waals surface area contributed by atoms with Gasteiger partial charge in [0.25, 0.3) is 5.91 Å². The van der Waals surface area contributed by atoms with Crippen LogP contribution in [0.5, 0.6) is 5.75 Å². The Labute approximate surface area is 268 Å². The van der Waals surface area contributed by atoms with E-state index in [9.17, 15) is 19.2 Å². The first-order valence-corrected chi connectivity index (χ1v) is 16.0. The Hall–Kier alpha value is -4.09. The number of aromatic amines is 1. The van der Waals surface area contributed by atoms with Gasteiger partial charge in [-0.05, 0) is 65.4 Å². The summed E-state index contributed by atoms with van der Waals surface area (Å²) < 4.78 is 6.04. The molecule has 2 N–H and O–H groups in total. The molecule has 1 fully saturated rings. The van der Waals surface area contributed by atoms with Crippen molar-refractivity contribution in [2.75, 3.05) is 16.8 Å².